The van der Waals surface area contributed by atoms with Gasteiger partial charge >= 0.3 is 6.09 Å². The number of ether oxygens (including phenoxy) is 3. The number of carbonyl (C=O) groups excluding carboxylic acids is 4. The third kappa shape index (κ3) is 8.45. The van der Waals surface area contributed by atoms with Gasteiger partial charge in [-0.3, -0.25) is 19.1 Å². The summed E-state index contributed by atoms with van der Waals surface area (Å²) in [5.41, 5.74) is -1.57. The van der Waals surface area contributed by atoms with Crippen molar-refractivity contribution in [2.75, 3.05) is 13.2 Å². The Balaban J connectivity index is 1.25. The normalized spacial score (nSPS) is 30.5. The summed E-state index contributed by atoms with van der Waals surface area (Å²) in [6.07, 6.45) is 7.75. The molecule has 3 N–H and O–H groups in total. The van der Waals surface area contributed by atoms with E-state index in [0.29, 0.717) is 51.0 Å². The summed E-state index contributed by atoms with van der Waals surface area (Å²) in [7, 11) is -4.00. The molecule has 15 heteroatoms. The Hall–Kier alpha value is -4.40. The highest BCUT2D eigenvalue weighted by Crippen LogP contribution is 2.48. The van der Waals surface area contributed by atoms with Crippen LogP contribution in [-0.4, -0.2) is 89.3 Å². The van der Waals surface area contributed by atoms with Gasteiger partial charge in [0.25, 0.3) is 5.91 Å². The van der Waals surface area contributed by atoms with E-state index >= 15 is 4.79 Å². The first-order valence-electron chi connectivity index (χ1n) is 20.5. The zero-order valence-electron chi connectivity index (χ0n) is 33.9. The molecule has 4 amide bonds. The monoisotopic (exact) mass is 807 g/mol. The van der Waals surface area contributed by atoms with Crippen LogP contribution in [0.3, 0.4) is 0 Å². The number of amides is 4. The third-order valence-corrected chi connectivity index (χ3v) is 14.4. The zero-order chi connectivity index (χ0) is 40.9. The molecule has 5 aliphatic rings. The van der Waals surface area contributed by atoms with Crippen LogP contribution in [0.4, 0.5) is 4.79 Å². The first-order chi connectivity index (χ1) is 26.9. The van der Waals surface area contributed by atoms with Crippen LogP contribution >= 0.6 is 0 Å². The molecule has 0 radical (unpaired) electrons. The summed E-state index contributed by atoms with van der Waals surface area (Å²) < 4.78 is 46.1. The maximum atomic E-state index is 15.0. The SMILES string of the molecule is CC[C@@H]1C[C@H](C)CC/C=C\[C@@H]2C[C@@]2(C(=O)NS(=O)(=O)C2(C)CC2)NC(=O)[C@@H]2C[C@@H](Oc3nc4c(c5ccccc35)OCCC4)CN2C(=O)[C@H]1NC(=O)OC(C)(C)C. The van der Waals surface area contributed by atoms with Gasteiger partial charge in [0.1, 0.15) is 35.1 Å². The molecule has 7 atom stereocenters. The van der Waals surface area contributed by atoms with Gasteiger partial charge in [-0.2, -0.15) is 0 Å². The number of rotatable bonds is 7. The molecule has 1 aromatic heterocycles. The first kappa shape index (κ1) is 40.8. The van der Waals surface area contributed by atoms with E-state index in [2.05, 4.69) is 22.3 Å². The first-order valence-corrected chi connectivity index (χ1v) is 22.0. The molecule has 4 heterocycles. The minimum absolute atomic E-state index is 0.00569. The lowest BCUT2D eigenvalue weighted by atomic mass is 9.85. The van der Waals surface area contributed by atoms with Crippen LogP contribution in [0.5, 0.6) is 11.6 Å². The number of hydrogen-bond donors (Lipinski definition) is 3. The number of benzene rings is 1. The van der Waals surface area contributed by atoms with Crippen molar-refractivity contribution in [2.24, 2.45) is 17.8 Å². The molecule has 7 rings (SSSR count). The van der Waals surface area contributed by atoms with Gasteiger partial charge in [0.05, 0.1) is 23.6 Å². The van der Waals surface area contributed by atoms with Crippen LogP contribution in [0.1, 0.15) is 105 Å². The second-order valence-electron chi connectivity index (χ2n) is 18.0. The third-order valence-electron chi connectivity index (χ3n) is 12.3. The number of allylic oxidation sites excluding steroid dienone is 1. The number of aromatic nitrogens is 1. The Kier molecular flexibility index (Phi) is 11.0. The molecular formula is C42H57N5O9S. The highest BCUT2D eigenvalue weighted by atomic mass is 32.2. The fourth-order valence-electron chi connectivity index (χ4n) is 8.50. The molecule has 1 aromatic carbocycles. The van der Waals surface area contributed by atoms with E-state index in [4.69, 9.17) is 19.2 Å². The summed E-state index contributed by atoms with van der Waals surface area (Å²) in [4.78, 5) is 63.4. The molecule has 2 aliphatic carbocycles. The van der Waals surface area contributed by atoms with Crippen LogP contribution in [0.15, 0.2) is 36.4 Å². The smallest absolute Gasteiger partial charge is 0.408 e. The standard InChI is InChI=1S/C42H57N5O9S/c1-7-26-21-25(2)13-8-9-14-27-23-42(27,38(50)46-57(52,53)41(6)18-19-41)45-35(48)32-22-28(24-47(32)37(49)33(26)44-39(51)56-40(3,4)5)55-36-30-16-11-10-15-29(30)34-31(43-36)17-12-20-54-34/h9-11,14-16,25-28,32-33H,7-8,12-13,17-24H2,1-6H3,(H,44,51)(H,45,48)(H,46,50)/b14-9-/t25-,26-,27-,28-,32+,33+,42-/m1/s1. The van der Waals surface area contributed by atoms with Crippen LogP contribution in [0.2, 0.25) is 0 Å². The molecule has 3 fully saturated rings. The number of hydrogen-bond acceptors (Lipinski definition) is 10. The fraction of sp³-hybridized carbons (Fsp3) is 0.643. The van der Waals surface area contributed by atoms with Crippen LogP contribution in [0.25, 0.3) is 10.8 Å². The minimum Gasteiger partial charge on any atom is -0.491 e. The van der Waals surface area contributed by atoms with Gasteiger partial charge in [-0.1, -0.05) is 50.6 Å². The van der Waals surface area contributed by atoms with Crippen LogP contribution < -0.4 is 24.8 Å². The second kappa shape index (κ2) is 15.4. The Morgan fingerprint density at radius 3 is 2.56 bits per heavy atom. The lowest BCUT2D eigenvalue weighted by Gasteiger charge is -2.34. The lowest BCUT2D eigenvalue weighted by molar-refractivity contribution is -0.142. The molecule has 57 heavy (non-hydrogen) atoms. The Morgan fingerprint density at radius 1 is 1.12 bits per heavy atom. The van der Waals surface area contributed by atoms with Crippen molar-refractivity contribution in [3.63, 3.8) is 0 Å². The Morgan fingerprint density at radius 2 is 1.86 bits per heavy atom. The highest BCUT2D eigenvalue weighted by Gasteiger charge is 2.63. The van der Waals surface area contributed by atoms with Gasteiger partial charge in [-0.25, -0.2) is 18.2 Å². The molecule has 310 valence electrons. The maximum Gasteiger partial charge on any atom is 0.408 e. The second-order valence-corrected chi connectivity index (χ2v) is 20.2. The molecule has 0 spiro atoms. The number of alkyl carbamates (subject to hydrolysis) is 1. The molecule has 14 nitrogen and oxygen atoms in total. The van der Waals surface area contributed by atoms with Crippen molar-refractivity contribution < 1.29 is 41.8 Å². The maximum absolute atomic E-state index is 15.0. The van der Waals surface area contributed by atoms with E-state index in [-0.39, 0.29) is 31.2 Å². The average Bonchev–Trinajstić information content (AvgIpc) is 4.04. The van der Waals surface area contributed by atoms with Gasteiger partial charge in [-0.05, 0) is 97.0 Å². The van der Waals surface area contributed by atoms with Crippen molar-refractivity contribution >= 4 is 44.6 Å². The van der Waals surface area contributed by atoms with Gasteiger partial charge < -0.3 is 29.7 Å². The van der Waals surface area contributed by atoms with Crippen molar-refractivity contribution in [2.45, 2.75) is 140 Å². The van der Waals surface area contributed by atoms with E-state index in [1.807, 2.05) is 43.3 Å². The highest BCUT2D eigenvalue weighted by molar-refractivity contribution is 7.91. The van der Waals surface area contributed by atoms with Crippen LogP contribution in [0, 0.1) is 17.8 Å². The molecule has 2 saturated carbocycles. The Bertz CT molecular complexity index is 2060. The quantitative estimate of drug-likeness (QED) is 0.320. The van der Waals surface area contributed by atoms with Crippen molar-refractivity contribution in [1.29, 1.82) is 0 Å². The predicted octanol–water partition coefficient (Wildman–Crippen LogP) is 5.08. The predicted molar refractivity (Wildman–Crippen MR) is 213 cm³/mol. The van der Waals surface area contributed by atoms with Crippen molar-refractivity contribution in [3.8, 4) is 11.6 Å². The van der Waals surface area contributed by atoms with E-state index in [0.717, 1.165) is 35.1 Å². The number of fused-ring (bicyclic) bond motifs is 5. The summed E-state index contributed by atoms with van der Waals surface area (Å²) in [6, 6.07) is 5.51. The summed E-state index contributed by atoms with van der Waals surface area (Å²) in [6.45, 7) is 11.5. The molecule has 3 aliphatic heterocycles. The number of sulfonamides is 1. The number of aryl methyl sites for hydroxylation is 1. The lowest BCUT2D eigenvalue weighted by Crippen LogP contribution is -2.59. The summed E-state index contributed by atoms with van der Waals surface area (Å²) in [5.74, 6) is -1.35. The van der Waals surface area contributed by atoms with Crippen molar-refractivity contribution in [1.82, 2.24) is 25.2 Å². The number of carbonyl (C=O) groups is 4. The average molecular weight is 808 g/mol. The Labute approximate surface area is 335 Å². The summed E-state index contributed by atoms with van der Waals surface area (Å²) in [5, 5.41) is 7.41. The number of pyridine rings is 1. The molecule has 2 aromatic rings. The largest absolute Gasteiger partial charge is 0.491 e. The van der Waals surface area contributed by atoms with Gasteiger partial charge in [-0.15, -0.1) is 0 Å². The van der Waals surface area contributed by atoms with E-state index in [9.17, 15) is 22.8 Å². The summed E-state index contributed by atoms with van der Waals surface area (Å²) >= 11 is 0. The van der Waals surface area contributed by atoms with E-state index in [1.165, 1.54) is 4.90 Å². The van der Waals surface area contributed by atoms with Gasteiger partial charge in [0.2, 0.25) is 27.7 Å². The van der Waals surface area contributed by atoms with E-state index < -0.39 is 73.8 Å². The number of nitrogens with zero attached hydrogens (tertiary/aromatic N) is 2. The molecule has 1 saturated heterocycles. The van der Waals surface area contributed by atoms with E-state index in [1.54, 1.807) is 27.7 Å². The zero-order valence-corrected chi connectivity index (χ0v) is 34.7. The van der Waals surface area contributed by atoms with Crippen LogP contribution in [-0.2, 0) is 35.6 Å². The number of nitrogens with one attached hydrogen (secondary N) is 3. The minimum atomic E-state index is -4.00. The molecule has 0 unspecified atom stereocenters. The molecule has 0 bridgehead atoms. The fourth-order valence-corrected chi connectivity index (χ4v) is 9.81. The topological polar surface area (TPSA) is 182 Å². The molecular weight excluding hydrogens is 751 g/mol. The van der Waals surface area contributed by atoms with Crippen molar-refractivity contribution in [3.05, 3.63) is 42.1 Å². The van der Waals surface area contributed by atoms with Gasteiger partial charge in [0, 0.05) is 23.1 Å². The van der Waals surface area contributed by atoms with Gasteiger partial charge in [0.15, 0.2) is 0 Å².